The number of amides is 2. The molecular weight excluding hydrogens is 298 g/mol. The highest BCUT2D eigenvalue weighted by Crippen LogP contribution is 2.32. The minimum Gasteiger partial charge on any atom is -0.369 e. The Kier molecular flexibility index (Phi) is 3.87. The summed E-state index contributed by atoms with van der Waals surface area (Å²) in [6.45, 7) is 2.23. The number of likely N-dealkylation sites (tertiary alicyclic amines) is 1. The highest BCUT2D eigenvalue weighted by atomic mass is 35.5. The van der Waals surface area contributed by atoms with Crippen molar-refractivity contribution in [1.29, 1.82) is 0 Å². The summed E-state index contributed by atoms with van der Waals surface area (Å²) in [7, 11) is 0. The van der Waals surface area contributed by atoms with Gasteiger partial charge in [0.25, 0.3) is 11.6 Å². The van der Waals surface area contributed by atoms with E-state index in [1.807, 2.05) is 0 Å². The van der Waals surface area contributed by atoms with Gasteiger partial charge in [-0.3, -0.25) is 19.7 Å². The molecule has 1 aromatic carbocycles. The van der Waals surface area contributed by atoms with E-state index in [-0.39, 0.29) is 22.8 Å². The van der Waals surface area contributed by atoms with Crippen LogP contribution in [0.15, 0.2) is 18.2 Å². The molecule has 7 nitrogen and oxygen atoms in total. The molecular formula is C13H14ClN3O4. The van der Waals surface area contributed by atoms with Crippen LogP contribution in [0, 0.1) is 15.5 Å². The maximum absolute atomic E-state index is 12.4. The van der Waals surface area contributed by atoms with E-state index in [0.29, 0.717) is 13.0 Å². The molecule has 0 radical (unpaired) electrons. The van der Waals surface area contributed by atoms with E-state index in [9.17, 15) is 19.7 Å². The summed E-state index contributed by atoms with van der Waals surface area (Å²) in [5.74, 6) is -0.906. The number of carbonyl (C=O) groups is 2. The number of nitrogens with two attached hydrogens (primary N) is 1. The highest BCUT2D eigenvalue weighted by molar-refractivity contribution is 6.34. The Hall–Kier alpha value is -2.15. The molecule has 0 saturated carbocycles. The van der Waals surface area contributed by atoms with Crippen LogP contribution in [0.4, 0.5) is 5.69 Å². The average molecular weight is 312 g/mol. The minimum absolute atomic E-state index is 0.0552. The molecule has 0 bridgehead atoms. The number of rotatable bonds is 3. The Morgan fingerprint density at radius 2 is 2.14 bits per heavy atom. The molecule has 2 amide bonds. The molecule has 21 heavy (non-hydrogen) atoms. The zero-order valence-electron chi connectivity index (χ0n) is 11.3. The van der Waals surface area contributed by atoms with E-state index >= 15 is 0 Å². The van der Waals surface area contributed by atoms with Crippen molar-refractivity contribution in [2.45, 2.75) is 13.3 Å². The average Bonchev–Trinajstić information content (AvgIpc) is 2.82. The van der Waals surface area contributed by atoms with Gasteiger partial charge in [-0.15, -0.1) is 0 Å². The Balaban J connectivity index is 2.28. The van der Waals surface area contributed by atoms with E-state index in [2.05, 4.69) is 0 Å². The van der Waals surface area contributed by atoms with Gasteiger partial charge in [-0.2, -0.15) is 0 Å². The van der Waals surface area contributed by atoms with Crippen LogP contribution in [-0.4, -0.2) is 34.7 Å². The Morgan fingerprint density at radius 3 is 2.67 bits per heavy atom. The molecule has 0 aliphatic carbocycles. The van der Waals surface area contributed by atoms with Gasteiger partial charge in [0.05, 0.1) is 20.9 Å². The van der Waals surface area contributed by atoms with E-state index < -0.39 is 22.2 Å². The molecule has 1 aliphatic rings. The Bertz CT molecular complexity index is 634. The van der Waals surface area contributed by atoms with Crippen molar-refractivity contribution < 1.29 is 14.5 Å². The second-order valence-corrected chi connectivity index (χ2v) is 5.73. The molecule has 8 heteroatoms. The maximum Gasteiger partial charge on any atom is 0.270 e. The predicted molar refractivity (Wildman–Crippen MR) is 75.9 cm³/mol. The SMILES string of the molecule is CC1(C(N)=O)CCN(C(=O)c2cc([N+](=O)[O-])ccc2Cl)C1. The van der Waals surface area contributed by atoms with Crippen LogP contribution in [0.1, 0.15) is 23.7 Å². The largest absolute Gasteiger partial charge is 0.369 e. The summed E-state index contributed by atoms with van der Waals surface area (Å²) in [5.41, 5.74) is 4.41. The first-order chi connectivity index (χ1) is 9.74. The number of nitro benzene ring substituents is 1. The smallest absolute Gasteiger partial charge is 0.270 e. The molecule has 0 aromatic heterocycles. The van der Waals surface area contributed by atoms with Gasteiger partial charge in [-0.1, -0.05) is 11.6 Å². The Labute approximate surface area is 125 Å². The number of hydrogen-bond acceptors (Lipinski definition) is 4. The van der Waals surface area contributed by atoms with Crippen molar-refractivity contribution >= 4 is 29.1 Å². The first-order valence-corrected chi connectivity index (χ1v) is 6.65. The summed E-state index contributed by atoms with van der Waals surface area (Å²) in [6, 6.07) is 3.69. The third-order valence-electron chi connectivity index (χ3n) is 3.75. The topological polar surface area (TPSA) is 107 Å². The van der Waals surface area contributed by atoms with Crippen LogP contribution < -0.4 is 5.73 Å². The van der Waals surface area contributed by atoms with E-state index in [1.54, 1.807) is 6.92 Å². The quantitative estimate of drug-likeness (QED) is 0.675. The molecule has 1 aliphatic heterocycles. The normalized spacial score (nSPS) is 21.3. The van der Waals surface area contributed by atoms with Gasteiger partial charge >= 0.3 is 0 Å². The summed E-state index contributed by atoms with van der Waals surface area (Å²) >= 11 is 5.95. The van der Waals surface area contributed by atoms with E-state index in [1.165, 1.54) is 17.0 Å². The predicted octanol–water partition coefficient (Wildman–Crippen LogP) is 1.59. The molecule has 1 atom stereocenters. The van der Waals surface area contributed by atoms with Crippen molar-refractivity contribution in [3.05, 3.63) is 38.9 Å². The maximum atomic E-state index is 12.4. The summed E-state index contributed by atoms with van der Waals surface area (Å²) in [6.07, 6.45) is 0.459. The standard InChI is InChI=1S/C13H14ClN3O4/c1-13(12(15)19)4-5-16(7-13)11(18)9-6-8(17(20)21)2-3-10(9)14/h2-3,6H,4-5,7H2,1H3,(H2,15,19). The molecule has 1 fully saturated rings. The molecule has 1 unspecified atom stereocenters. The fourth-order valence-electron chi connectivity index (χ4n) is 2.30. The number of hydrogen-bond donors (Lipinski definition) is 1. The molecule has 0 spiro atoms. The lowest BCUT2D eigenvalue weighted by molar-refractivity contribution is -0.384. The third-order valence-corrected chi connectivity index (χ3v) is 4.08. The van der Waals surface area contributed by atoms with Gasteiger partial charge in [-0.05, 0) is 19.4 Å². The summed E-state index contributed by atoms with van der Waals surface area (Å²) in [4.78, 5) is 35.5. The molecule has 112 valence electrons. The van der Waals surface area contributed by atoms with Crippen LogP contribution in [-0.2, 0) is 4.79 Å². The van der Waals surface area contributed by atoms with Crippen LogP contribution in [0.2, 0.25) is 5.02 Å². The lowest BCUT2D eigenvalue weighted by Gasteiger charge is -2.21. The van der Waals surface area contributed by atoms with Gasteiger partial charge in [0.1, 0.15) is 0 Å². The van der Waals surface area contributed by atoms with Crippen molar-refractivity contribution in [2.75, 3.05) is 13.1 Å². The fraction of sp³-hybridized carbons (Fsp3) is 0.385. The zero-order valence-corrected chi connectivity index (χ0v) is 12.1. The number of halogens is 1. The Morgan fingerprint density at radius 1 is 1.48 bits per heavy atom. The third kappa shape index (κ3) is 2.82. The summed E-state index contributed by atoms with van der Waals surface area (Å²) < 4.78 is 0. The lowest BCUT2D eigenvalue weighted by Crippen LogP contribution is -2.38. The van der Waals surface area contributed by atoms with Gasteiger partial charge in [0.15, 0.2) is 0 Å². The van der Waals surface area contributed by atoms with Gasteiger partial charge in [-0.25, -0.2) is 0 Å². The van der Waals surface area contributed by atoms with E-state index in [0.717, 1.165) is 6.07 Å². The van der Waals surface area contributed by atoms with Crippen molar-refractivity contribution in [2.24, 2.45) is 11.1 Å². The molecule has 1 aromatic rings. The molecule has 2 rings (SSSR count). The van der Waals surface area contributed by atoms with Crippen LogP contribution >= 0.6 is 11.6 Å². The van der Waals surface area contributed by atoms with Crippen LogP contribution in [0.5, 0.6) is 0 Å². The molecule has 1 heterocycles. The van der Waals surface area contributed by atoms with Gasteiger partial charge < -0.3 is 10.6 Å². The monoisotopic (exact) mass is 311 g/mol. The van der Waals surface area contributed by atoms with Crippen LogP contribution in [0.25, 0.3) is 0 Å². The minimum atomic E-state index is -0.775. The van der Waals surface area contributed by atoms with Gasteiger partial charge in [0, 0.05) is 25.2 Å². The number of nitrogens with zero attached hydrogens (tertiary/aromatic N) is 2. The highest BCUT2D eigenvalue weighted by Gasteiger charge is 2.41. The van der Waals surface area contributed by atoms with Crippen molar-refractivity contribution in [3.63, 3.8) is 0 Å². The lowest BCUT2D eigenvalue weighted by atomic mass is 9.89. The second kappa shape index (κ2) is 5.33. The van der Waals surface area contributed by atoms with Crippen molar-refractivity contribution in [3.8, 4) is 0 Å². The number of carbonyl (C=O) groups excluding carboxylic acids is 2. The first-order valence-electron chi connectivity index (χ1n) is 6.28. The molecule has 2 N–H and O–H groups in total. The van der Waals surface area contributed by atoms with E-state index in [4.69, 9.17) is 17.3 Å². The van der Waals surface area contributed by atoms with Gasteiger partial charge in [0.2, 0.25) is 5.91 Å². The first kappa shape index (κ1) is 15.2. The fourth-order valence-corrected chi connectivity index (χ4v) is 2.49. The molecule has 1 saturated heterocycles. The van der Waals surface area contributed by atoms with Crippen LogP contribution in [0.3, 0.4) is 0 Å². The number of non-ortho nitro benzene ring substituents is 1. The zero-order chi connectivity index (χ0) is 15.8. The number of primary amides is 1. The number of benzene rings is 1. The number of nitro groups is 1. The summed E-state index contributed by atoms with van der Waals surface area (Å²) in [5, 5.41) is 10.9. The second-order valence-electron chi connectivity index (χ2n) is 5.32. The van der Waals surface area contributed by atoms with Crippen molar-refractivity contribution in [1.82, 2.24) is 4.90 Å².